The van der Waals surface area contributed by atoms with Gasteiger partial charge in [-0.1, -0.05) is 17.8 Å². The Hall–Kier alpha value is -5.05. The van der Waals surface area contributed by atoms with Gasteiger partial charge in [-0.3, -0.25) is 9.88 Å². The number of hydrogen-bond donors (Lipinski definition) is 1. The number of carbonyl (C=O) groups is 1. The molecule has 0 unspecified atom stereocenters. The molecule has 2 aliphatic heterocycles. The predicted molar refractivity (Wildman–Crippen MR) is 176 cm³/mol. The SMILES string of the molecule is CCc1c(F)ccc2cc(O)cc(-c3ncc4c(N(C)CCN(C)C(=O)n5nccn5)nc(OC[C@@]56CCCN5C[C@H](F)C6)nc4c3F)c12. The van der Waals surface area contributed by atoms with E-state index in [1.165, 1.54) is 47.8 Å². The Bertz CT molecular complexity index is 2050. The second kappa shape index (κ2) is 12.8. The van der Waals surface area contributed by atoms with Crippen LogP contribution in [0.3, 0.4) is 0 Å². The number of nitrogens with zero attached hydrogens (tertiary/aromatic N) is 9. The van der Waals surface area contributed by atoms with Crippen LogP contribution in [-0.2, 0) is 6.42 Å². The fourth-order valence-corrected chi connectivity index (χ4v) is 7.21. The van der Waals surface area contributed by atoms with E-state index in [2.05, 4.69) is 30.0 Å². The number of hydrogen-bond acceptors (Lipinski definition) is 10. The van der Waals surface area contributed by atoms with Gasteiger partial charge in [0.2, 0.25) is 0 Å². The average molecular weight is 676 g/mol. The normalized spacial score (nSPS) is 19.1. The number of pyridine rings is 1. The van der Waals surface area contributed by atoms with Crippen LogP contribution in [-0.4, -0.2) is 109 Å². The number of aromatic nitrogens is 6. The number of ether oxygens (including phenoxy) is 1. The first-order valence-corrected chi connectivity index (χ1v) is 16.2. The number of aromatic hydroxyl groups is 1. The average Bonchev–Trinajstić information content (AvgIpc) is 3.83. The van der Waals surface area contributed by atoms with Crippen molar-refractivity contribution in [3.8, 4) is 23.0 Å². The zero-order valence-corrected chi connectivity index (χ0v) is 27.4. The Morgan fingerprint density at radius 3 is 2.71 bits per heavy atom. The standard InChI is InChI=1S/C34H36F3N9O3/c1-4-23-26(36)7-6-20-14-22(47)15-24(27(20)23)29-28(37)30-25(17-38-29)31(43(2)12-13-44(3)33(48)46-39-9-10-40-46)42-32(41-30)49-19-34-8-5-11-45(34)18-21(35)16-34/h6-7,9-10,14-15,17,21,47H,4-5,8,11-13,16,18-19H2,1-3H3/t21-,34+/m1/s1. The van der Waals surface area contributed by atoms with Gasteiger partial charge in [-0.2, -0.15) is 20.2 Å². The molecule has 3 aromatic heterocycles. The maximum Gasteiger partial charge on any atom is 0.361 e. The van der Waals surface area contributed by atoms with Crippen molar-refractivity contribution in [2.75, 3.05) is 51.8 Å². The molecule has 0 spiro atoms. The first kappa shape index (κ1) is 32.5. The van der Waals surface area contributed by atoms with Crippen molar-refractivity contribution in [2.24, 2.45) is 0 Å². The van der Waals surface area contributed by atoms with Gasteiger partial charge >= 0.3 is 12.0 Å². The molecule has 2 atom stereocenters. The van der Waals surface area contributed by atoms with Crippen molar-refractivity contribution in [3.63, 3.8) is 0 Å². The van der Waals surface area contributed by atoms with E-state index in [9.17, 15) is 18.7 Å². The number of benzene rings is 2. The molecular formula is C34H36F3N9O3. The summed E-state index contributed by atoms with van der Waals surface area (Å²) in [7, 11) is 3.35. The number of carbonyl (C=O) groups excluding carboxylic acids is 1. The smallest absolute Gasteiger partial charge is 0.361 e. The topological polar surface area (TPSA) is 126 Å². The number of anilines is 1. The lowest BCUT2D eigenvalue weighted by molar-refractivity contribution is 0.107. The van der Waals surface area contributed by atoms with Gasteiger partial charge < -0.3 is 19.6 Å². The van der Waals surface area contributed by atoms with E-state index in [0.29, 0.717) is 41.5 Å². The van der Waals surface area contributed by atoms with Crippen molar-refractivity contribution in [3.05, 3.63) is 60.1 Å². The maximum atomic E-state index is 16.8. The number of alkyl halides is 1. The lowest BCUT2D eigenvalue weighted by atomic mass is 9.94. The van der Waals surface area contributed by atoms with E-state index >= 15 is 4.39 Å². The number of phenols is 1. The lowest BCUT2D eigenvalue weighted by Gasteiger charge is -2.31. The zero-order chi connectivity index (χ0) is 34.4. The lowest BCUT2D eigenvalue weighted by Crippen LogP contribution is -2.43. The van der Waals surface area contributed by atoms with E-state index in [1.54, 1.807) is 25.9 Å². The molecule has 12 nitrogen and oxygen atoms in total. The van der Waals surface area contributed by atoms with Gasteiger partial charge in [0.05, 0.1) is 23.3 Å². The third kappa shape index (κ3) is 5.85. The van der Waals surface area contributed by atoms with Crippen LogP contribution in [0.1, 0.15) is 31.7 Å². The van der Waals surface area contributed by atoms with E-state index in [1.807, 2.05) is 0 Å². The molecule has 5 aromatic rings. The highest BCUT2D eigenvalue weighted by Crippen LogP contribution is 2.41. The van der Waals surface area contributed by atoms with E-state index < -0.39 is 29.4 Å². The fraction of sp³-hybridized carbons (Fsp3) is 0.412. The molecule has 15 heteroatoms. The molecule has 2 saturated heterocycles. The van der Waals surface area contributed by atoms with Crippen molar-refractivity contribution in [1.82, 2.24) is 39.7 Å². The molecule has 0 bridgehead atoms. The number of phenolic OH excluding ortho intramolecular Hbond substituents is 1. The molecule has 5 heterocycles. The maximum absolute atomic E-state index is 16.8. The fourth-order valence-electron chi connectivity index (χ4n) is 7.21. The van der Waals surface area contributed by atoms with Crippen LogP contribution in [0.15, 0.2) is 42.9 Å². The Morgan fingerprint density at radius 2 is 1.94 bits per heavy atom. The van der Waals surface area contributed by atoms with Crippen molar-refractivity contribution >= 4 is 33.5 Å². The van der Waals surface area contributed by atoms with Crippen LogP contribution in [0.2, 0.25) is 0 Å². The first-order chi connectivity index (χ1) is 23.6. The van der Waals surface area contributed by atoms with Gasteiger partial charge in [0, 0.05) is 51.9 Å². The molecule has 0 radical (unpaired) electrons. The minimum atomic E-state index is -0.958. The van der Waals surface area contributed by atoms with Gasteiger partial charge in [0.25, 0.3) is 0 Å². The molecule has 7 rings (SSSR count). The van der Waals surface area contributed by atoms with Gasteiger partial charge in [0.1, 0.15) is 41.4 Å². The molecule has 49 heavy (non-hydrogen) atoms. The second-order valence-electron chi connectivity index (χ2n) is 12.8. The number of halogens is 3. The van der Waals surface area contributed by atoms with Crippen molar-refractivity contribution < 1.29 is 27.8 Å². The molecule has 2 fully saturated rings. The van der Waals surface area contributed by atoms with Gasteiger partial charge in [-0.25, -0.2) is 18.0 Å². The Balaban J connectivity index is 1.30. The highest BCUT2D eigenvalue weighted by molar-refractivity contribution is 6.01. The summed E-state index contributed by atoms with van der Waals surface area (Å²) in [5, 5.41) is 19.6. The largest absolute Gasteiger partial charge is 0.508 e. The molecule has 2 aliphatic rings. The van der Waals surface area contributed by atoms with Gasteiger partial charge in [0.15, 0.2) is 5.82 Å². The van der Waals surface area contributed by atoms with Crippen molar-refractivity contribution in [1.29, 1.82) is 0 Å². The summed E-state index contributed by atoms with van der Waals surface area (Å²) in [4.78, 5) is 32.6. The van der Waals surface area contributed by atoms with E-state index in [4.69, 9.17) is 4.74 Å². The van der Waals surface area contributed by atoms with Crippen LogP contribution in [0.25, 0.3) is 32.9 Å². The molecular weight excluding hydrogens is 639 g/mol. The number of fused-ring (bicyclic) bond motifs is 3. The van der Waals surface area contributed by atoms with Crippen LogP contribution in [0, 0.1) is 11.6 Å². The molecule has 2 aromatic carbocycles. The van der Waals surface area contributed by atoms with Gasteiger partial charge in [-0.15, -0.1) is 0 Å². The quantitative estimate of drug-likeness (QED) is 0.229. The number of likely N-dealkylation sites (N-methyl/N-ethyl adjacent to an activating group) is 2. The van der Waals surface area contributed by atoms with Crippen LogP contribution >= 0.6 is 0 Å². The number of aryl methyl sites for hydroxylation is 1. The molecule has 0 saturated carbocycles. The Morgan fingerprint density at radius 1 is 1.14 bits per heavy atom. The van der Waals surface area contributed by atoms with Crippen LogP contribution in [0.5, 0.6) is 11.8 Å². The van der Waals surface area contributed by atoms with Crippen molar-refractivity contribution in [2.45, 2.75) is 44.3 Å². The third-order valence-electron chi connectivity index (χ3n) is 9.68. The number of amides is 1. The van der Waals surface area contributed by atoms with E-state index in [-0.39, 0.29) is 53.6 Å². The number of rotatable bonds is 9. The highest BCUT2D eigenvalue weighted by Gasteiger charge is 2.49. The minimum absolute atomic E-state index is 0.0939. The zero-order valence-electron chi connectivity index (χ0n) is 27.4. The van der Waals surface area contributed by atoms with Crippen LogP contribution < -0.4 is 9.64 Å². The first-order valence-electron chi connectivity index (χ1n) is 16.2. The second-order valence-corrected chi connectivity index (χ2v) is 12.8. The summed E-state index contributed by atoms with van der Waals surface area (Å²) in [5.74, 6) is -1.08. The highest BCUT2D eigenvalue weighted by atomic mass is 19.1. The van der Waals surface area contributed by atoms with Crippen LogP contribution in [0.4, 0.5) is 23.8 Å². The van der Waals surface area contributed by atoms with E-state index in [0.717, 1.165) is 24.2 Å². The molecule has 1 amide bonds. The summed E-state index contributed by atoms with van der Waals surface area (Å²) < 4.78 is 52.5. The summed E-state index contributed by atoms with van der Waals surface area (Å²) in [6.45, 7) is 3.57. The predicted octanol–water partition coefficient (Wildman–Crippen LogP) is 4.97. The minimum Gasteiger partial charge on any atom is -0.508 e. The molecule has 0 aliphatic carbocycles. The monoisotopic (exact) mass is 675 g/mol. The Labute approximate surface area is 280 Å². The summed E-state index contributed by atoms with van der Waals surface area (Å²) in [6, 6.07) is 5.20. The Kier molecular flexibility index (Phi) is 8.47. The summed E-state index contributed by atoms with van der Waals surface area (Å²) >= 11 is 0. The summed E-state index contributed by atoms with van der Waals surface area (Å²) in [5.41, 5.74) is -0.122. The summed E-state index contributed by atoms with van der Waals surface area (Å²) in [6.07, 6.45) is 5.65. The molecule has 1 N–H and O–H groups in total. The third-order valence-corrected chi connectivity index (χ3v) is 9.68. The molecule has 256 valence electrons. The van der Waals surface area contributed by atoms with Gasteiger partial charge in [-0.05, 0) is 60.3 Å².